The van der Waals surface area contributed by atoms with E-state index in [1.165, 1.54) is 16.7 Å². The third-order valence-corrected chi connectivity index (χ3v) is 4.67. The van der Waals surface area contributed by atoms with Crippen LogP contribution in [0.25, 0.3) is 0 Å². The Bertz CT molecular complexity index is 764. The normalized spacial score (nSPS) is 10.5. The van der Waals surface area contributed by atoms with Gasteiger partial charge in [-0.3, -0.25) is 5.41 Å². The van der Waals surface area contributed by atoms with Crippen LogP contribution in [0.15, 0.2) is 84.9 Å². The largest absolute Gasteiger partial charge is 0.356 e. The highest BCUT2D eigenvalue weighted by Crippen LogP contribution is 2.11. The molecule has 0 aliphatic heterocycles. The van der Waals surface area contributed by atoms with Crippen LogP contribution in [0.4, 0.5) is 0 Å². The van der Waals surface area contributed by atoms with Gasteiger partial charge in [-0.25, -0.2) is 0 Å². The number of benzene rings is 3. The van der Waals surface area contributed by atoms with E-state index >= 15 is 0 Å². The number of amidine groups is 1. The Kier molecular flexibility index (Phi) is 6.21. The van der Waals surface area contributed by atoms with E-state index in [9.17, 15) is 0 Å². The van der Waals surface area contributed by atoms with Crippen molar-refractivity contribution in [1.82, 2.24) is 4.90 Å². The van der Waals surface area contributed by atoms with Gasteiger partial charge in [0.25, 0.3) is 0 Å². The number of hydrogen-bond donors (Lipinski definition) is 1. The average molecular weight is 342 g/mol. The molecular weight excluding hydrogens is 316 g/mol. The molecule has 0 unspecified atom stereocenters. The van der Waals surface area contributed by atoms with Gasteiger partial charge in [0.05, 0.1) is 0 Å². The highest BCUT2D eigenvalue weighted by atomic mass is 15.2. The van der Waals surface area contributed by atoms with Crippen LogP contribution in [0.2, 0.25) is 0 Å². The van der Waals surface area contributed by atoms with Gasteiger partial charge in [-0.05, 0) is 30.9 Å². The van der Waals surface area contributed by atoms with E-state index < -0.39 is 0 Å². The lowest BCUT2D eigenvalue weighted by atomic mass is 10.1. The first-order valence-electron chi connectivity index (χ1n) is 9.21. The van der Waals surface area contributed by atoms with E-state index in [-0.39, 0.29) is 0 Å². The summed E-state index contributed by atoms with van der Waals surface area (Å²) in [4.78, 5) is 2.20. The minimum Gasteiger partial charge on any atom is -0.356 e. The van der Waals surface area contributed by atoms with Gasteiger partial charge < -0.3 is 4.90 Å². The van der Waals surface area contributed by atoms with E-state index in [2.05, 4.69) is 84.6 Å². The number of nitrogens with zero attached hydrogens (tertiary/aromatic N) is 1. The molecule has 1 N–H and O–H groups in total. The lowest BCUT2D eigenvalue weighted by Gasteiger charge is -2.26. The Morgan fingerprint density at radius 3 is 1.62 bits per heavy atom. The van der Waals surface area contributed by atoms with Crippen molar-refractivity contribution < 1.29 is 0 Å². The Hall–Kier alpha value is -2.87. The quantitative estimate of drug-likeness (QED) is 0.469. The van der Waals surface area contributed by atoms with E-state index in [1.807, 2.05) is 12.1 Å². The second-order valence-corrected chi connectivity index (χ2v) is 6.67. The van der Waals surface area contributed by atoms with Gasteiger partial charge in [-0.2, -0.15) is 0 Å². The summed E-state index contributed by atoms with van der Waals surface area (Å²) in [6.07, 6.45) is 1.90. The molecule has 3 aromatic carbocycles. The maximum absolute atomic E-state index is 8.72. The molecule has 2 heteroatoms. The van der Waals surface area contributed by atoms with Gasteiger partial charge in [0.1, 0.15) is 5.84 Å². The van der Waals surface area contributed by atoms with Gasteiger partial charge in [-0.1, -0.05) is 90.5 Å². The van der Waals surface area contributed by atoms with Crippen molar-refractivity contribution in [1.29, 1.82) is 5.41 Å². The first-order valence-corrected chi connectivity index (χ1v) is 9.21. The van der Waals surface area contributed by atoms with Crippen LogP contribution in [-0.2, 0) is 12.8 Å². The molecule has 0 heterocycles. The number of hydrogen-bond acceptors (Lipinski definition) is 1. The molecule has 0 aromatic heterocycles. The predicted molar refractivity (Wildman–Crippen MR) is 110 cm³/mol. The minimum absolute atomic E-state index is 0.608. The monoisotopic (exact) mass is 342 g/mol. The molecule has 0 radical (unpaired) electrons. The molecule has 0 saturated heterocycles. The fourth-order valence-electron chi connectivity index (χ4n) is 3.05. The lowest BCUT2D eigenvalue weighted by molar-refractivity contribution is 0.424. The molecule has 132 valence electrons. The lowest BCUT2D eigenvalue weighted by Crippen LogP contribution is -2.34. The number of rotatable bonds is 7. The molecular formula is C24H26N2. The Morgan fingerprint density at radius 2 is 1.15 bits per heavy atom. The van der Waals surface area contributed by atoms with Crippen LogP contribution in [-0.4, -0.2) is 23.8 Å². The summed E-state index contributed by atoms with van der Waals surface area (Å²) in [6.45, 7) is 3.78. The summed E-state index contributed by atoms with van der Waals surface area (Å²) in [5.41, 5.74) is 4.83. The van der Waals surface area contributed by atoms with Crippen molar-refractivity contribution in [3.63, 3.8) is 0 Å². The molecule has 3 rings (SSSR count). The van der Waals surface area contributed by atoms with Crippen LogP contribution in [0, 0.1) is 12.3 Å². The molecule has 0 saturated carbocycles. The molecule has 0 fully saturated rings. The van der Waals surface area contributed by atoms with Crippen molar-refractivity contribution in [2.45, 2.75) is 19.8 Å². The molecule has 0 amide bonds. The van der Waals surface area contributed by atoms with Crippen molar-refractivity contribution >= 4 is 5.84 Å². The van der Waals surface area contributed by atoms with E-state index in [1.54, 1.807) is 0 Å². The number of aryl methyl sites for hydroxylation is 1. The smallest absolute Gasteiger partial charge is 0.128 e. The van der Waals surface area contributed by atoms with Crippen LogP contribution in [0.3, 0.4) is 0 Å². The van der Waals surface area contributed by atoms with Crippen LogP contribution < -0.4 is 0 Å². The maximum atomic E-state index is 8.72. The molecule has 2 nitrogen and oxygen atoms in total. The average Bonchev–Trinajstić information content (AvgIpc) is 2.70. The summed E-state index contributed by atoms with van der Waals surface area (Å²) in [5, 5.41) is 8.72. The topological polar surface area (TPSA) is 27.1 Å². The summed E-state index contributed by atoms with van der Waals surface area (Å²) >= 11 is 0. The highest BCUT2D eigenvalue weighted by molar-refractivity contribution is 5.96. The van der Waals surface area contributed by atoms with E-state index in [0.29, 0.717) is 5.84 Å². The van der Waals surface area contributed by atoms with E-state index in [0.717, 1.165) is 31.5 Å². The van der Waals surface area contributed by atoms with Gasteiger partial charge in [-0.15, -0.1) is 0 Å². The van der Waals surface area contributed by atoms with Gasteiger partial charge >= 0.3 is 0 Å². The minimum atomic E-state index is 0.608. The molecule has 0 aliphatic carbocycles. The first-order chi connectivity index (χ1) is 12.7. The van der Waals surface area contributed by atoms with Crippen molar-refractivity contribution in [2.75, 3.05) is 13.1 Å². The molecule has 0 bridgehead atoms. The van der Waals surface area contributed by atoms with Gasteiger partial charge in [0.15, 0.2) is 0 Å². The zero-order valence-electron chi connectivity index (χ0n) is 15.4. The zero-order chi connectivity index (χ0) is 18.2. The summed E-state index contributed by atoms with van der Waals surface area (Å²) in [6, 6.07) is 29.3. The third-order valence-electron chi connectivity index (χ3n) is 4.67. The Balaban J connectivity index is 1.71. The standard InChI is InChI=1S/C24H26N2/c1-20-12-14-23(15-13-20)24(25)26(18-16-21-8-4-2-5-9-21)19-17-22-10-6-3-7-11-22/h2-15,25H,16-19H2,1H3. The van der Waals surface area contributed by atoms with Crippen molar-refractivity contribution in [3.05, 3.63) is 107 Å². The second-order valence-electron chi connectivity index (χ2n) is 6.67. The summed E-state index contributed by atoms with van der Waals surface area (Å²) in [7, 11) is 0. The molecule has 3 aromatic rings. The van der Waals surface area contributed by atoms with Crippen LogP contribution in [0.5, 0.6) is 0 Å². The Labute approximate surface area is 156 Å². The van der Waals surface area contributed by atoms with Crippen molar-refractivity contribution in [3.8, 4) is 0 Å². The third kappa shape index (κ3) is 5.06. The van der Waals surface area contributed by atoms with Gasteiger partial charge in [0, 0.05) is 18.7 Å². The first kappa shape index (κ1) is 17.9. The fraction of sp³-hybridized carbons (Fsp3) is 0.208. The summed E-state index contributed by atoms with van der Waals surface area (Å²) in [5.74, 6) is 0.608. The predicted octanol–water partition coefficient (Wildman–Crippen LogP) is 5.11. The van der Waals surface area contributed by atoms with E-state index in [4.69, 9.17) is 5.41 Å². The van der Waals surface area contributed by atoms with Gasteiger partial charge in [0.2, 0.25) is 0 Å². The van der Waals surface area contributed by atoms with Crippen molar-refractivity contribution in [2.24, 2.45) is 0 Å². The second kappa shape index (κ2) is 9.00. The number of nitrogens with one attached hydrogen (secondary N) is 1. The fourth-order valence-corrected chi connectivity index (χ4v) is 3.05. The molecule has 0 spiro atoms. The molecule has 26 heavy (non-hydrogen) atoms. The summed E-state index contributed by atoms with van der Waals surface area (Å²) < 4.78 is 0. The Morgan fingerprint density at radius 1 is 0.692 bits per heavy atom. The van der Waals surface area contributed by atoms with Crippen LogP contribution in [0.1, 0.15) is 22.3 Å². The molecule has 0 aliphatic rings. The van der Waals surface area contributed by atoms with Crippen LogP contribution >= 0.6 is 0 Å². The molecule has 0 atom stereocenters. The SMILES string of the molecule is Cc1ccc(C(=N)N(CCc2ccccc2)CCc2ccccc2)cc1. The maximum Gasteiger partial charge on any atom is 0.128 e. The highest BCUT2D eigenvalue weighted by Gasteiger charge is 2.12. The zero-order valence-corrected chi connectivity index (χ0v) is 15.4.